The van der Waals surface area contributed by atoms with Crippen molar-refractivity contribution in [3.05, 3.63) is 52.0 Å². The van der Waals surface area contributed by atoms with Gasteiger partial charge in [-0.1, -0.05) is 23.2 Å². The maximum absolute atomic E-state index is 12.9. The number of quaternary nitrogens is 1. The van der Waals surface area contributed by atoms with E-state index >= 15 is 0 Å². The second-order valence-corrected chi connectivity index (χ2v) is 7.81. The third-order valence-electron chi connectivity index (χ3n) is 5.36. The van der Waals surface area contributed by atoms with Gasteiger partial charge in [-0.3, -0.25) is 4.79 Å². The number of carbonyl (C=O) groups is 1. The lowest BCUT2D eigenvalue weighted by atomic mass is 10.0. The van der Waals surface area contributed by atoms with Gasteiger partial charge in [0.2, 0.25) is 0 Å². The predicted molar refractivity (Wildman–Crippen MR) is 112 cm³/mol. The molecule has 28 heavy (non-hydrogen) atoms. The van der Waals surface area contributed by atoms with E-state index in [1.54, 1.807) is 32.4 Å². The number of rotatable bonds is 6. The van der Waals surface area contributed by atoms with E-state index in [1.165, 1.54) is 4.90 Å². The van der Waals surface area contributed by atoms with Crippen molar-refractivity contribution >= 4 is 34.8 Å². The Hall–Kier alpha value is -1.95. The van der Waals surface area contributed by atoms with Gasteiger partial charge in [0.15, 0.2) is 6.04 Å². The molecule has 150 valence electrons. The third-order valence-corrected chi connectivity index (χ3v) is 5.92. The fraction of sp³-hybridized carbons (Fsp3) is 0.381. The van der Waals surface area contributed by atoms with Crippen LogP contribution >= 0.6 is 23.2 Å². The van der Waals surface area contributed by atoms with Crippen LogP contribution in [0.4, 0.5) is 5.69 Å². The largest absolute Gasteiger partial charge is 0.497 e. The number of hydrogen-bond donors (Lipinski definition) is 2. The Bertz CT molecular complexity index is 860. The lowest BCUT2D eigenvalue weighted by Crippen LogP contribution is -3.15. The van der Waals surface area contributed by atoms with Gasteiger partial charge in [-0.2, -0.15) is 0 Å². The summed E-state index contributed by atoms with van der Waals surface area (Å²) >= 11 is 12.2. The molecule has 0 aliphatic carbocycles. The molecule has 1 aliphatic heterocycles. The number of halogens is 2. The molecule has 0 saturated carbocycles. The zero-order valence-electron chi connectivity index (χ0n) is 16.2. The van der Waals surface area contributed by atoms with Gasteiger partial charge in [-0.25, -0.2) is 0 Å². The van der Waals surface area contributed by atoms with Gasteiger partial charge in [-0.05, 0) is 37.3 Å². The zero-order valence-corrected chi connectivity index (χ0v) is 17.7. The summed E-state index contributed by atoms with van der Waals surface area (Å²) in [5, 5.41) is 3.92. The van der Waals surface area contributed by atoms with E-state index in [2.05, 4.69) is 5.32 Å². The van der Waals surface area contributed by atoms with Crippen molar-refractivity contribution in [2.24, 2.45) is 0 Å². The van der Waals surface area contributed by atoms with Crippen LogP contribution in [0, 0.1) is 0 Å². The van der Waals surface area contributed by atoms with Crippen molar-refractivity contribution in [1.29, 1.82) is 0 Å². The maximum atomic E-state index is 12.9. The van der Waals surface area contributed by atoms with Crippen molar-refractivity contribution in [3.63, 3.8) is 0 Å². The average molecular weight is 424 g/mol. The second-order valence-electron chi connectivity index (χ2n) is 6.96. The summed E-state index contributed by atoms with van der Waals surface area (Å²) in [4.78, 5) is 14.1. The van der Waals surface area contributed by atoms with Gasteiger partial charge < -0.3 is 19.7 Å². The summed E-state index contributed by atoms with van der Waals surface area (Å²) in [6, 6.07) is 10.8. The molecular formula is C21H25Cl2N2O3+. The number of nitrogens with one attached hydrogen (secondary N) is 2. The van der Waals surface area contributed by atoms with Crippen molar-refractivity contribution in [2.45, 2.75) is 31.8 Å². The van der Waals surface area contributed by atoms with Crippen LogP contribution in [0.15, 0.2) is 36.4 Å². The Labute approximate surface area is 175 Å². The first-order valence-electron chi connectivity index (χ1n) is 9.28. The van der Waals surface area contributed by atoms with Crippen molar-refractivity contribution < 1.29 is 19.2 Å². The first-order chi connectivity index (χ1) is 13.4. The van der Waals surface area contributed by atoms with Gasteiger partial charge in [0.25, 0.3) is 5.91 Å². The lowest BCUT2D eigenvalue weighted by molar-refractivity contribution is -0.932. The van der Waals surface area contributed by atoms with Crippen LogP contribution in [-0.2, 0) is 4.79 Å². The Morgan fingerprint density at radius 2 is 1.96 bits per heavy atom. The van der Waals surface area contributed by atoms with Gasteiger partial charge in [-0.15, -0.1) is 0 Å². The Kier molecular flexibility index (Phi) is 6.70. The van der Waals surface area contributed by atoms with E-state index < -0.39 is 0 Å². The molecular weight excluding hydrogens is 399 g/mol. The first-order valence-corrected chi connectivity index (χ1v) is 10.0. The highest BCUT2D eigenvalue weighted by Gasteiger charge is 2.38. The van der Waals surface area contributed by atoms with Crippen molar-refractivity contribution in [1.82, 2.24) is 0 Å². The number of likely N-dealkylation sites (tertiary alicyclic amines) is 1. The minimum absolute atomic E-state index is 0.0847. The van der Waals surface area contributed by atoms with E-state index in [4.69, 9.17) is 32.7 Å². The number of ether oxygens (including phenoxy) is 2. The van der Waals surface area contributed by atoms with Gasteiger partial charge in [0, 0.05) is 23.9 Å². The fourth-order valence-corrected chi connectivity index (χ4v) is 4.19. The molecule has 0 radical (unpaired) electrons. The minimum Gasteiger partial charge on any atom is -0.497 e. The van der Waals surface area contributed by atoms with Crippen LogP contribution in [0.2, 0.25) is 10.0 Å². The van der Waals surface area contributed by atoms with E-state index in [-0.39, 0.29) is 18.0 Å². The van der Waals surface area contributed by atoms with Crippen LogP contribution in [0.3, 0.4) is 0 Å². The fourth-order valence-electron chi connectivity index (χ4n) is 3.85. The molecule has 7 heteroatoms. The highest BCUT2D eigenvalue weighted by atomic mass is 35.5. The maximum Gasteiger partial charge on any atom is 0.282 e. The molecule has 3 atom stereocenters. The van der Waals surface area contributed by atoms with E-state index in [0.29, 0.717) is 15.7 Å². The third kappa shape index (κ3) is 4.37. The number of amides is 1. The molecule has 1 fully saturated rings. The monoisotopic (exact) mass is 423 g/mol. The van der Waals surface area contributed by atoms with Crippen molar-refractivity contribution in [3.8, 4) is 11.5 Å². The minimum atomic E-state index is -0.255. The Morgan fingerprint density at radius 1 is 1.18 bits per heavy atom. The second kappa shape index (κ2) is 9.03. The molecule has 3 rings (SSSR count). The highest BCUT2D eigenvalue weighted by Crippen LogP contribution is 2.32. The predicted octanol–water partition coefficient (Wildman–Crippen LogP) is 3.76. The molecule has 0 bridgehead atoms. The topological polar surface area (TPSA) is 52.0 Å². The molecule has 1 heterocycles. The molecule has 2 aromatic rings. The summed E-state index contributed by atoms with van der Waals surface area (Å²) in [5.41, 5.74) is 1.62. The number of carbonyl (C=O) groups excluding carboxylic acids is 1. The van der Waals surface area contributed by atoms with Crippen LogP contribution in [0.25, 0.3) is 0 Å². The zero-order chi connectivity index (χ0) is 20.3. The van der Waals surface area contributed by atoms with Crippen LogP contribution < -0.4 is 19.7 Å². The average Bonchev–Trinajstić information content (AvgIpc) is 3.19. The SMILES string of the molecule is COc1ccc([C@H]2CCC[NH+]2[C@H](C)C(=O)Nc2cc(Cl)ccc2Cl)c(OC)c1. The highest BCUT2D eigenvalue weighted by molar-refractivity contribution is 6.35. The molecule has 5 nitrogen and oxygen atoms in total. The summed E-state index contributed by atoms with van der Waals surface area (Å²) in [6.07, 6.45) is 2.04. The van der Waals surface area contributed by atoms with Crippen molar-refractivity contribution in [2.75, 3.05) is 26.1 Å². The quantitative estimate of drug-likeness (QED) is 0.743. The molecule has 1 unspecified atom stereocenters. The van der Waals surface area contributed by atoms with Gasteiger partial charge >= 0.3 is 0 Å². The van der Waals surface area contributed by atoms with Gasteiger partial charge in [0.1, 0.15) is 17.5 Å². The van der Waals surface area contributed by atoms with Crippen LogP contribution in [-0.4, -0.2) is 32.7 Å². The molecule has 2 N–H and O–H groups in total. The Balaban J connectivity index is 1.80. The molecule has 1 saturated heterocycles. The van der Waals surface area contributed by atoms with Gasteiger partial charge in [0.05, 0.1) is 37.0 Å². The number of hydrogen-bond acceptors (Lipinski definition) is 3. The smallest absolute Gasteiger partial charge is 0.282 e. The Morgan fingerprint density at radius 3 is 2.68 bits per heavy atom. The summed E-state index contributed by atoms with van der Waals surface area (Å²) in [7, 11) is 3.29. The summed E-state index contributed by atoms with van der Waals surface area (Å²) in [6.45, 7) is 2.86. The molecule has 0 spiro atoms. The van der Waals surface area contributed by atoms with E-state index in [9.17, 15) is 4.79 Å². The molecule has 1 aliphatic rings. The number of anilines is 1. The van der Waals surface area contributed by atoms with Crippen LogP contribution in [0.5, 0.6) is 11.5 Å². The summed E-state index contributed by atoms with van der Waals surface area (Å²) < 4.78 is 10.9. The van der Waals surface area contributed by atoms with E-state index in [1.807, 2.05) is 25.1 Å². The number of benzene rings is 2. The van der Waals surface area contributed by atoms with Crippen LogP contribution in [0.1, 0.15) is 31.4 Å². The van der Waals surface area contributed by atoms with E-state index in [0.717, 1.165) is 36.4 Å². The molecule has 1 amide bonds. The molecule has 0 aromatic heterocycles. The molecule has 2 aromatic carbocycles. The summed E-state index contributed by atoms with van der Waals surface area (Å²) in [5.74, 6) is 1.45. The lowest BCUT2D eigenvalue weighted by Gasteiger charge is -2.28. The standard InChI is InChI=1S/C21H24Cl2N2O3/c1-13(21(26)24-18-11-14(22)6-9-17(18)23)25-10-4-5-19(25)16-8-7-15(27-2)12-20(16)28-3/h6-9,11-13,19H,4-5,10H2,1-3H3,(H,24,26)/p+1/t13-,19-/m1/s1. The normalized spacial score (nSPS) is 19.9. The number of methoxy groups -OCH3 is 2. The first kappa shape index (κ1) is 20.8.